The maximum atomic E-state index is 9.41. The van der Waals surface area contributed by atoms with Crippen molar-refractivity contribution < 1.29 is 9.63 Å². The van der Waals surface area contributed by atoms with Gasteiger partial charge in [0.2, 0.25) is 6.41 Å². The molecule has 0 atom stereocenters. The molecule has 0 unspecified atom stereocenters. The lowest BCUT2D eigenvalue weighted by molar-refractivity contribution is -0.115. The molecule has 0 radical (unpaired) electrons. The zero-order valence-corrected chi connectivity index (χ0v) is 4.62. The molecule has 0 saturated heterocycles. The first kappa shape index (κ1) is 6.36. The Morgan fingerprint density at radius 2 is 2.57 bits per heavy atom. The van der Waals surface area contributed by atoms with E-state index in [4.69, 9.17) is 0 Å². The molecule has 3 nitrogen and oxygen atoms in total. The van der Waals surface area contributed by atoms with E-state index >= 15 is 0 Å². The van der Waals surface area contributed by atoms with Crippen LogP contribution in [-0.2, 0) is 9.63 Å². The number of hydroxylamine groups is 1. The third-order valence-electron chi connectivity index (χ3n) is 0.251. The maximum Gasteiger partial charge on any atom is 0.239 e. The number of hydrogen-bond acceptors (Lipinski definition) is 3. The molecule has 1 N–H and O–H groups in total. The molecule has 0 fully saturated rings. The van der Waals surface area contributed by atoms with Crippen LogP contribution in [0.5, 0.6) is 0 Å². The van der Waals surface area contributed by atoms with Crippen LogP contribution in [-0.4, -0.2) is 11.5 Å². The summed E-state index contributed by atoms with van der Waals surface area (Å²) in [6, 6.07) is 0. The van der Waals surface area contributed by atoms with Crippen molar-refractivity contribution in [1.82, 2.24) is 5.48 Å². The molecule has 0 aliphatic carbocycles. The fraction of sp³-hybridized carbons (Fsp3) is 0.333. The minimum absolute atomic E-state index is 0.298. The molecule has 0 heterocycles. The van der Waals surface area contributed by atoms with Crippen molar-refractivity contribution in [3.8, 4) is 0 Å². The Bertz CT molecular complexity index is 83.0. The molecule has 0 aromatic carbocycles. The summed E-state index contributed by atoms with van der Waals surface area (Å²) in [5.74, 6) is 0. The van der Waals surface area contributed by atoms with Crippen LogP contribution in [0, 0.1) is 0 Å². The number of carbonyl (C=O) groups excluding carboxylic acids is 1. The van der Waals surface area contributed by atoms with E-state index < -0.39 is 0 Å². The molecule has 7 heavy (non-hydrogen) atoms. The monoisotopic (exact) mass is 119 g/mol. The molecule has 0 aliphatic heterocycles. The van der Waals surface area contributed by atoms with E-state index in [0.717, 1.165) is 0 Å². The average Bonchev–Trinajstić information content (AvgIpc) is 1.61. The number of amides is 1. The van der Waals surface area contributed by atoms with Gasteiger partial charge in [0.25, 0.3) is 0 Å². The molecular formula is C3H5NO2S. The van der Waals surface area contributed by atoms with Gasteiger partial charge in [-0.15, -0.1) is 0 Å². The lowest BCUT2D eigenvalue weighted by Crippen LogP contribution is -2.13. The Balaban J connectivity index is 2.97. The normalized spacial score (nSPS) is 7.00. The molecule has 4 heteroatoms. The van der Waals surface area contributed by atoms with Gasteiger partial charge in [-0.25, -0.2) is 0 Å². The van der Waals surface area contributed by atoms with E-state index in [2.05, 4.69) is 17.1 Å². The van der Waals surface area contributed by atoms with E-state index in [0.29, 0.717) is 11.5 Å². The number of nitrogens with one attached hydrogen (secondary N) is 1. The highest BCUT2D eigenvalue weighted by molar-refractivity contribution is 7.80. The molecule has 0 rings (SSSR count). The van der Waals surface area contributed by atoms with Crippen LogP contribution in [0.25, 0.3) is 0 Å². The third-order valence-corrected chi connectivity index (χ3v) is 0.334. The van der Waals surface area contributed by atoms with Gasteiger partial charge < -0.3 is 4.84 Å². The van der Waals surface area contributed by atoms with Crippen molar-refractivity contribution in [2.45, 2.75) is 6.92 Å². The average molecular weight is 119 g/mol. The second-order valence-electron chi connectivity index (χ2n) is 0.829. The molecular weight excluding hydrogens is 114 g/mol. The summed E-state index contributed by atoms with van der Waals surface area (Å²) in [6.45, 7) is 1.56. The number of hydrogen-bond donors (Lipinski definition) is 1. The highest BCUT2D eigenvalue weighted by atomic mass is 32.1. The van der Waals surface area contributed by atoms with Gasteiger partial charge in [0.1, 0.15) is 0 Å². The highest BCUT2D eigenvalue weighted by Gasteiger charge is 1.79. The number of carbonyl (C=O) groups is 1. The van der Waals surface area contributed by atoms with E-state index in [1.807, 2.05) is 5.48 Å². The van der Waals surface area contributed by atoms with Crippen LogP contribution in [0.1, 0.15) is 6.92 Å². The maximum absolute atomic E-state index is 9.41. The summed E-state index contributed by atoms with van der Waals surface area (Å²) in [5, 5.41) is 0.298. The van der Waals surface area contributed by atoms with E-state index in [1.54, 1.807) is 6.92 Å². The first-order valence-corrected chi connectivity index (χ1v) is 2.04. The van der Waals surface area contributed by atoms with Crippen LogP contribution < -0.4 is 5.48 Å². The molecule has 0 saturated carbocycles. The Morgan fingerprint density at radius 1 is 2.00 bits per heavy atom. The largest absolute Gasteiger partial charge is 0.373 e. The van der Waals surface area contributed by atoms with Crippen molar-refractivity contribution in [3.63, 3.8) is 0 Å². The first-order chi connectivity index (χ1) is 3.27. The minimum Gasteiger partial charge on any atom is -0.373 e. The smallest absolute Gasteiger partial charge is 0.239 e. The van der Waals surface area contributed by atoms with Crippen molar-refractivity contribution in [2.75, 3.05) is 0 Å². The van der Waals surface area contributed by atoms with Gasteiger partial charge in [0, 0.05) is 6.92 Å². The van der Waals surface area contributed by atoms with Gasteiger partial charge in [0.15, 0.2) is 5.05 Å². The zero-order valence-electron chi connectivity index (χ0n) is 3.80. The molecule has 40 valence electrons. The summed E-state index contributed by atoms with van der Waals surface area (Å²) in [7, 11) is 0. The molecule has 0 aliphatic rings. The quantitative estimate of drug-likeness (QED) is 0.316. The van der Waals surface area contributed by atoms with Gasteiger partial charge in [0.05, 0.1) is 0 Å². The van der Waals surface area contributed by atoms with E-state index in [9.17, 15) is 4.79 Å². The van der Waals surface area contributed by atoms with Crippen molar-refractivity contribution in [3.05, 3.63) is 0 Å². The lowest BCUT2D eigenvalue weighted by atomic mass is 10.9. The fourth-order valence-corrected chi connectivity index (χ4v) is 0.155. The van der Waals surface area contributed by atoms with Crippen LogP contribution in [0.15, 0.2) is 0 Å². The summed E-state index contributed by atoms with van der Waals surface area (Å²) in [4.78, 5) is 13.7. The third kappa shape index (κ3) is 5.36. The van der Waals surface area contributed by atoms with Gasteiger partial charge >= 0.3 is 0 Å². The predicted octanol–water partition coefficient (Wildman–Crippen LogP) is 0.0113. The molecule has 0 spiro atoms. The topological polar surface area (TPSA) is 38.3 Å². The standard InChI is InChI=1S/C3H5NO2S/c1-3(7)6-4-2-5/h2H,1H3,(H,4,5). The van der Waals surface area contributed by atoms with Crippen LogP contribution in [0.3, 0.4) is 0 Å². The van der Waals surface area contributed by atoms with Gasteiger partial charge in [-0.2, -0.15) is 5.48 Å². The summed E-state index contributed by atoms with van der Waals surface area (Å²) < 4.78 is 0. The zero-order chi connectivity index (χ0) is 5.70. The predicted molar refractivity (Wildman–Crippen MR) is 28.6 cm³/mol. The van der Waals surface area contributed by atoms with Gasteiger partial charge in [-0.05, 0) is 12.2 Å². The summed E-state index contributed by atoms with van der Waals surface area (Å²) >= 11 is 4.42. The molecule has 0 aromatic heterocycles. The van der Waals surface area contributed by atoms with Crippen LogP contribution in [0.4, 0.5) is 0 Å². The Labute approximate surface area is 46.6 Å². The minimum atomic E-state index is 0.298. The van der Waals surface area contributed by atoms with E-state index in [-0.39, 0.29) is 0 Å². The van der Waals surface area contributed by atoms with Crippen molar-refractivity contribution in [1.29, 1.82) is 0 Å². The van der Waals surface area contributed by atoms with Crippen LogP contribution in [0.2, 0.25) is 0 Å². The summed E-state index contributed by atoms with van der Waals surface area (Å²) in [5.41, 5.74) is 1.93. The van der Waals surface area contributed by atoms with Crippen LogP contribution >= 0.6 is 12.2 Å². The Kier molecular flexibility index (Phi) is 3.22. The Morgan fingerprint density at radius 3 is 2.71 bits per heavy atom. The van der Waals surface area contributed by atoms with Crippen molar-refractivity contribution >= 4 is 23.7 Å². The Hall–Kier alpha value is -0.640. The van der Waals surface area contributed by atoms with E-state index in [1.165, 1.54) is 0 Å². The summed E-state index contributed by atoms with van der Waals surface area (Å²) in [6.07, 6.45) is 0.413. The highest BCUT2D eigenvalue weighted by Crippen LogP contribution is 1.69. The molecule has 0 aromatic rings. The lowest BCUT2D eigenvalue weighted by Gasteiger charge is -1.94. The fourth-order valence-electron chi connectivity index (χ4n) is 0.107. The second-order valence-corrected chi connectivity index (χ2v) is 1.40. The number of thiocarbonyl (C=S) groups is 1. The van der Waals surface area contributed by atoms with Crippen molar-refractivity contribution in [2.24, 2.45) is 0 Å². The van der Waals surface area contributed by atoms with Gasteiger partial charge in [-0.3, -0.25) is 4.79 Å². The number of rotatable bonds is 2. The van der Waals surface area contributed by atoms with Gasteiger partial charge in [-0.1, -0.05) is 0 Å². The molecule has 0 bridgehead atoms. The molecule has 1 amide bonds. The second kappa shape index (κ2) is 3.55. The first-order valence-electron chi connectivity index (χ1n) is 1.64. The SMILES string of the molecule is CC(=S)ONC=O.